The smallest absolute Gasteiger partial charge is 0.258 e. The number of carbonyl (C=O) groups excluding carboxylic acids is 2. The zero-order valence-corrected chi connectivity index (χ0v) is 16.0. The predicted octanol–water partition coefficient (Wildman–Crippen LogP) is 4.22. The molecule has 1 aromatic heterocycles. The molecule has 2 aromatic carbocycles. The summed E-state index contributed by atoms with van der Waals surface area (Å²) in [6.45, 7) is -0.0339. The van der Waals surface area contributed by atoms with E-state index in [1.165, 1.54) is 24.3 Å². The van der Waals surface area contributed by atoms with Gasteiger partial charge in [0, 0.05) is 10.7 Å². The molecule has 0 unspecified atom stereocenters. The minimum Gasteiger partial charge on any atom is -0.496 e. The van der Waals surface area contributed by atoms with E-state index in [4.69, 9.17) is 20.8 Å². The Labute approximate surface area is 167 Å². The van der Waals surface area contributed by atoms with Crippen LogP contribution in [0.1, 0.15) is 16.1 Å². The summed E-state index contributed by atoms with van der Waals surface area (Å²) in [7, 11) is 1.47. The molecule has 0 aliphatic carbocycles. The van der Waals surface area contributed by atoms with Crippen LogP contribution in [-0.2, 0) is 11.3 Å². The number of benzene rings is 2. The summed E-state index contributed by atoms with van der Waals surface area (Å²) in [4.78, 5) is 27.1. The van der Waals surface area contributed by atoms with Crippen molar-refractivity contribution in [3.05, 3.63) is 83.3 Å². The monoisotopic (exact) mass is 398 g/mol. The third kappa shape index (κ3) is 4.92. The summed E-state index contributed by atoms with van der Waals surface area (Å²) < 4.78 is 10.6. The fourth-order valence-electron chi connectivity index (χ4n) is 2.70. The molecule has 0 aliphatic rings. The second-order valence-corrected chi connectivity index (χ2v) is 6.44. The lowest BCUT2D eigenvalue weighted by molar-refractivity contribution is -0.117. The lowest BCUT2D eigenvalue weighted by Gasteiger charge is -2.22. The van der Waals surface area contributed by atoms with Gasteiger partial charge in [0.05, 0.1) is 25.5 Å². The van der Waals surface area contributed by atoms with Crippen molar-refractivity contribution in [2.75, 3.05) is 19.0 Å². The molecule has 0 fully saturated rings. The maximum Gasteiger partial charge on any atom is 0.258 e. The van der Waals surface area contributed by atoms with Gasteiger partial charge in [-0.25, -0.2) is 0 Å². The Bertz CT molecular complexity index is 942. The number of amides is 2. The number of ether oxygens (including phenoxy) is 1. The number of nitrogens with one attached hydrogen (secondary N) is 1. The Hall–Kier alpha value is -3.25. The molecule has 0 radical (unpaired) electrons. The Morgan fingerprint density at radius 3 is 2.57 bits per heavy atom. The average molecular weight is 399 g/mol. The first-order valence-electron chi connectivity index (χ1n) is 8.57. The van der Waals surface area contributed by atoms with Crippen molar-refractivity contribution in [3.8, 4) is 5.75 Å². The zero-order valence-electron chi connectivity index (χ0n) is 15.2. The average Bonchev–Trinajstić information content (AvgIpc) is 3.20. The molecule has 0 spiro atoms. The van der Waals surface area contributed by atoms with Gasteiger partial charge in [-0.2, -0.15) is 0 Å². The summed E-state index contributed by atoms with van der Waals surface area (Å²) in [5.41, 5.74) is 0.923. The van der Waals surface area contributed by atoms with Crippen molar-refractivity contribution in [1.82, 2.24) is 4.90 Å². The van der Waals surface area contributed by atoms with Crippen LogP contribution in [0.5, 0.6) is 5.75 Å². The molecule has 28 heavy (non-hydrogen) atoms. The third-order valence-electron chi connectivity index (χ3n) is 4.00. The highest BCUT2D eigenvalue weighted by Gasteiger charge is 2.23. The molecule has 2 amide bonds. The highest BCUT2D eigenvalue weighted by Crippen LogP contribution is 2.25. The summed E-state index contributed by atoms with van der Waals surface area (Å²) >= 11 is 6.05. The van der Waals surface area contributed by atoms with Crippen molar-refractivity contribution in [2.45, 2.75) is 6.54 Å². The Morgan fingerprint density at radius 2 is 1.89 bits per heavy atom. The number of para-hydroxylation sites is 1. The standard InChI is InChI=1S/C21H19ClN2O4/c1-27-19-10-9-15(22)12-18(19)21(26)24(13-17-8-5-11-28-17)14-20(25)23-16-6-3-2-4-7-16/h2-12H,13-14H2,1H3,(H,23,25). The van der Waals surface area contributed by atoms with Crippen LogP contribution in [-0.4, -0.2) is 30.4 Å². The van der Waals surface area contributed by atoms with E-state index in [2.05, 4.69) is 5.32 Å². The van der Waals surface area contributed by atoms with Crippen LogP contribution in [0.15, 0.2) is 71.3 Å². The number of methoxy groups -OCH3 is 1. The van der Waals surface area contributed by atoms with E-state index in [1.54, 1.807) is 36.4 Å². The Morgan fingerprint density at radius 1 is 1.11 bits per heavy atom. The number of halogens is 1. The summed E-state index contributed by atoms with van der Waals surface area (Å²) in [6, 6.07) is 17.3. The molecule has 0 bridgehead atoms. The SMILES string of the molecule is COc1ccc(Cl)cc1C(=O)N(CC(=O)Nc1ccccc1)Cc1ccco1. The van der Waals surface area contributed by atoms with E-state index in [-0.39, 0.29) is 30.5 Å². The molecular formula is C21H19ClN2O4. The van der Waals surface area contributed by atoms with Gasteiger partial charge >= 0.3 is 0 Å². The lowest BCUT2D eigenvalue weighted by atomic mass is 10.1. The molecule has 144 valence electrons. The predicted molar refractivity (Wildman–Crippen MR) is 107 cm³/mol. The van der Waals surface area contributed by atoms with Gasteiger partial charge in [-0.3, -0.25) is 9.59 Å². The maximum atomic E-state index is 13.2. The summed E-state index contributed by atoms with van der Waals surface area (Å²) in [5, 5.41) is 3.18. The molecule has 0 atom stereocenters. The van der Waals surface area contributed by atoms with Crippen LogP contribution in [0, 0.1) is 0 Å². The first-order valence-corrected chi connectivity index (χ1v) is 8.94. The molecule has 0 aliphatic heterocycles. The van der Waals surface area contributed by atoms with E-state index in [9.17, 15) is 9.59 Å². The van der Waals surface area contributed by atoms with Crippen LogP contribution in [0.3, 0.4) is 0 Å². The van der Waals surface area contributed by atoms with E-state index in [0.717, 1.165) is 0 Å². The van der Waals surface area contributed by atoms with Crippen molar-refractivity contribution >= 4 is 29.1 Å². The van der Waals surface area contributed by atoms with E-state index >= 15 is 0 Å². The summed E-state index contributed by atoms with van der Waals surface area (Å²) in [6.07, 6.45) is 1.52. The van der Waals surface area contributed by atoms with Crippen LogP contribution >= 0.6 is 11.6 Å². The van der Waals surface area contributed by atoms with Crippen molar-refractivity contribution < 1.29 is 18.7 Å². The molecule has 0 saturated heterocycles. The first kappa shape index (κ1) is 19.5. The first-order chi connectivity index (χ1) is 13.6. The van der Waals surface area contributed by atoms with Gasteiger partial charge in [0.25, 0.3) is 5.91 Å². The molecular weight excluding hydrogens is 380 g/mol. The van der Waals surface area contributed by atoms with Crippen LogP contribution in [0.4, 0.5) is 5.69 Å². The van der Waals surface area contributed by atoms with Gasteiger partial charge < -0.3 is 19.4 Å². The van der Waals surface area contributed by atoms with Crippen LogP contribution in [0.25, 0.3) is 0 Å². The Balaban J connectivity index is 1.83. The minimum atomic E-state index is -0.390. The lowest BCUT2D eigenvalue weighted by Crippen LogP contribution is -2.37. The van der Waals surface area contributed by atoms with Crippen LogP contribution in [0.2, 0.25) is 5.02 Å². The normalized spacial score (nSPS) is 10.4. The van der Waals surface area contributed by atoms with E-state index < -0.39 is 0 Å². The van der Waals surface area contributed by atoms with Gasteiger partial charge in [0.1, 0.15) is 18.1 Å². The molecule has 7 heteroatoms. The molecule has 1 heterocycles. The maximum absolute atomic E-state index is 13.2. The molecule has 3 aromatic rings. The molecule has 6 nitrogen and oxygen atoms in total. The van der Waals surface area contributed by atoms with Crippen LogP contribution < -0.4 is 10.1 Å². The van der Waals surface area contributed by atoms with E-state index in [0.29, 0.717) is 22.2 Å². The summed E-state index contributed by atoms with van der Waals surface area (Å²) in [5.74, 6) is 0.218. The molecule has 1 N–H and O–H groups in total. The highest BCUT2D eigenvalue weighted by atomic mass is 35.5. The van der Waals surface area contributed by atoms with E-state index in [1.807, 2.05) is 18.2 Å². The number of furan rings is 1. The number of anilines is 1. The second-order valence-electron chi connectivity index (χ2n) is 6.00. The largest absolute Gasteiger partial charge is 0.496 e. The van der Waals surface area contributed by atoms with Gasteiger partial charge in [-0.1, -0.05) is 29.8 Å². The topological polar surface area (TPSA) is 71.8 Å². The van der Waals surface area contributed by atoms with Crippen molar-refractivity contribution in [3.63, 3.8) is 0 Å². The minimum absolute atomic E-state index is 0.129. The second kappa shape index (κ2) is 9.10. The fourth-order valence-corrected chi connectivity index (χ4v) is 2.88. The quantitative estimate of drug-likeness (QED) is 0.646. The molecule has 3 rings (SSSR count). The number of nitrogens with zero attached hydrogens (tertiary/aromatic N) is 1. The third-order valence-corrected chi connectivity index (χ3v) is 4.23. The van der Waals surface area contributed by atoms with Gasteiger partial charge in [-0.05, 0) is 42.5 Å². The fraction of sp³-hybridized carbons (Fsp3) is 0.143. The molecule has 0 saturated carbocycles. The van der Waals surface area contributed by atoms with Gasteiger partial charge in [0.15, 0.2) is 0 Å². The number of hydrogen-bond donors (Lipinski definition) is 1. The number of rotatable bonds is 7. The van der Waals surface area contributed by atoms with Crippen molar-refractivity contribution in [2.24, 2.45) is 0 Å². The van der Waals surface area contributed by atoms with Crippen molar-refractivity contribution in [1.29, 1.82) is 0 Å². The van der Waals surface area contributed by atoms with Gasteiger partial charge in [-0.15, -0.1) is 0 Å². The highest BCUT2D eigenvalue weighted by molar-refractivity contribution is 6.31. The number of hydrogen-bond acceptors (Lipinski definition) is 4. The van der Waals surface area contributed by atoms with Gasteiger partial charge in [0.2, 0.25) is 5.91 Å². The zero-order chi connectivity index (χ0) is 19.9. The Kier molecular flexibility index (Phi) is 6.34. The number of carbonyl (C=O) groups is 2.